The number of ether oxygens (including phenoxy) is 2. The molecular weight excluding hydrogens is 254 g/mol. The summed E-state index contributed by atoms with van der Waals surface area (Å²) in [5, 5.41) is 10.5. The first-order chi connectivity index (χ1) is 9.56. The topological polar surface area (TPSA) is 51.6 Å². The van der Waals surface area contributed by atoms with Gasteiger partial charge < -0.3 is 14.6 Å². The van der Waals surface area contributed by atoms with Crippen LogP contribution in [0.1, 0.15) is 28.5 Å². The summed E-state index contributed by atoms with van der Waals surface area (Å²) in [4.78, 5) is 4.33. The molecule has 4 heteroatoms. The molecule has 20 heavy (non-hydrogen) atoms. The van der Waals surface area contributed by atoms with Crippen molar-refractivity contribution in [1.82, 2.24) is 4.98 Å². The molecule has 2 rings (SSSR count). The second-order valence-electron chi connectivity index (χ2n) is 4.73. The fourth-order valence-corrected chi connectivity index (χ4v) is 2.19. The molecule has 0 bridgehead atoms. The normalized spacial score (nSPS) is 12.1. The molecule has 1 aromatic heterocycles. The lowest BCUT2D eigenvalue weighted by atomic mass is 10.0. The van der Waals surface area contributed by atoms with Gasteiger partial charge in [0.15, 0.2) is 11.5 Å². The highest BCUT2D eigenvalue weighted by atomic mass is 16.5. The van der Waals surface area contributed by atoms with Gasteiger partial charge in [0.1, 0.15) is 6.10 Å². The summed E-state index contributed by atoms with van der Waals surface area (Å²) < 4.78 is 10.4. The minimum absolute atomic E-state index is 0.591. The van der Waals surface area contributed by atoms with Gasteiger partial charge in [-0.2, -0.15) is 0 Å². The van der Waals surface area contributed by atoms with Crippen LogP contribution in [-0.2, 0) is 0 Å². The number of aromatic nitrogens is 1. The fourth-order valence-electron chi connectivity index (χ4n) is 2.19. The number of hydrogen-bond donors (Lipinski definition) is 1. The minimum Gasteiger partial charge on any atom is -0.493 e. The van der Waals surface area contributed by atoms with Gasteiger partial charge in [-0.15, -0.1) is 0 Å². The maximum absolute atomic E-state index is 10.5. The highest BCUT2D eigenvalue weighted by Gasteiger charge is 2.16. The third-order valence-corrected chi connectivity index (χ3v) is 3.24. The third kappa shape index (κ3) is 2.75. The summed E-state index contributed by atoms with van der Waals surface area (Å²) in [5.41, 5.74) is 3.42. The van der Waals surface area contributed by atoms with Crippen molar-refractivity contribution in [3.63, 3.8) is 0 Å². The van der Waals surface area contributed by atoms with Crippen molar-refractivity contribution < 1.29 is 14.6 Å². The summed E-state index contributed by atoms with van der Waals surface area (Å²) in [6.07, 6.45) is 0.974. The standard InChI is InChI=1S/C16H19NO3/c1-10-7-11(2)15(17-9-10)16(18)12-5-6-13(19-3)14(8-12)20-4/h5-9,16,18H,1-4H3. The van der Waals surface area contributed by atoms with Crippen molar-refractivity contribution in [3.05, 3.63) is 52.8 Å². The Balaban J connectivity index is 2.40. The molecule has 0 spiro atoms. The van der Waals surface area contributed by atoms with Crippen LogP contribution in [0, 0.1) is 13.8 Å². The molecule has 0 aliphatic heterocycles. The van der Waals surface area contributed by atoms with Crippen LogP contribution in [0.25, 0.3) is 0 Å². The quantitative estimate of drug-likeness (QED) is 0.930. The van der Waals surface area contributed by atoms with Crippen LogP contribution < -0.4 is 9.47 Å². The zero-order valence-corrected chi connectivity index (χ0v) is 12.2. The maximum Gasteiger partial charge on any atom is 0.161 e. The summed E-state index contributed by atoms with van der Waals surface area (Å²) in [7, 11) is 3.16. The Bertz CT molecular complexity index is 611. The summed E-state index contributed by atoms with van der Waals surface area (Å²) in [6, 6.07) is 7.37. The van der Waals surface area contributed by atoms with Gasteiger partial charge in [-0.3, -0.25) is 4.98 Å². The summed E-state index contributed by atoms with van der Waals surface area (Å²) in [5.74, 6) is 1.23. The van der Waals surface area contributed by atoms with Gasteiger partial charge in [-0.05, 0) is 42.7 Å². The second kappa shape index (κ2) is 5.92. The van der Waals surface area contributed by atoms with Crippen LogP contribution >= 0.6 is 0 Å². The zero-order valence-electron chi connectivity index (χ0n) is 12.2. The van der Waals surface area contributed by atoms with Crippen molar-refractivity contribution in [1.29, 1.82) is 0 Å². The number of benzene rings is 1. The number of rotatable bonds is 4. The van der Waals surface area contributed by atoms with Crippen LogP contribution in [0.2, 0.25) is 0 Å². The van der Waals surface area contributed by atoms with E-state index in [1.54, 1.807) is 32.5 Å². The van der Waals surface area contributed by atoms with Gasteiger partial charge in [0.25, 0.3) is 0 Å². The number of pyridine rings is 1. The molecule has 0 amide bonds. The predicted molar refractivity (Wildman–Crippen MR) is 77.3 cm³/mol. The molecule has 1 aromatic carbocycles. The summed E-state index contributed by atoms with van der Waals surface area (Å²) in [6.45, 7) is 3.92. The first-order valence-corrected chi connectivity index (χ1v) is 6.40. The molecule has 1 N–H and O–H groups in total. The van der Waals surface area contributed by atoms with Gasteiger partial charge in [0, 0.05) is 6.20 Å². The monoisotopic (exact) mass is 273 g/mol. The summed E-state index contributed by atoms with van der Waals surface area (Å²) >= 11 is 0. The maximum atomic E-state index is 10.5. The predicted octanol–water partition coefficient (Wildman–Crippen LogP) is 2.80. The van der Waals surface area contributed by atoms with E-state index in [0.717, 1.165) is 16.7 Å². The van der Waals surface area contributed by atoms with Crippen LogP contribution in [0.5, 0.6) is 11.5 Å². The van der Waals surface area contributed by atoms with E-state index in [4.69, 9.17) is 9.47 Å². The number of aliphatic hydroxyl groups excluding tert-OH is 1. The van der Waals surface area contributed by atoms with Crippen molar-refractivity contribution in [2.75, 3.05) is 14.2 Å². The van der Waals surface area contributed by atoms with Crippen molar-refractivity contribution in [3.8, 4) is 11.5 Å². The van der Waals surface area contributed by atoms with Crippen LogP contribution in [0.3, 0.4) is 0 Å². The average Bonchev–Trinajstić information content (AvgIpc) is 2.45. The van der Waals surface area contributed by atoms with E-state index in [1.807, 2.05) is 26.0 Å². The molecule has 0 saturated carbocycles. The molecule has 0 aliphatic rings. The van der Waals surface area contributed by atoms with Crippen molar-refractivity contribution in [2.24, 2.45) is 0 Å². The Morgan fingerprint density at radius 1 is 1.05 bits per heavy atom. The highest BCUT2D eigenvalue weighted by Crippen LogP contribution is 2.32. The van der Waals surface area contributed by atoms with Gasteiger partial charge in [-0.25, -0.2) is 0 Å². The highest BCUT2D eigenvalue weighted by molar-refractivity contribution is 5.45. The molecule has 1 unspecified atom stereocenters. The zero-order chi connectivity index (χ0) is 14.7. The molecule has 0 saturated heterocycles. The molecule has 1 atom stereocenters. The largest absolute Gasteiger partial charge is 0.493 e. The van der Waals surface area contributed by atoms with E-state index in [2.05, 4.69) is 4.98 Å². The van der Waals surface area contributed by atoms with Gasteiger partial charge >= 0.3 is 0 Å². The first-order valence-electron chi connectivity index (χ1n) is 6.40. The lowest BCUT2D eigenvalue weighted by Crippen LogP contribution is -2.05. The SMILES string of the molecule is COc1ccc(C(O)c2ncc(C)cc2C)cc1OC. The number of aryl methyl sites for hydroxylation is 2. The van der Waals surface area contributed by atoms with E-state index in [0.29, 0.717) is 17.2 Å². The van der Waals surface area contributed by atoms with Gasteiger partial charge in [0.05, 0.1) is 19.9 Å². The minimum atomic E-state index is -0.782. The number of aliphatic hydroxyl groups is 1. The van der Waals surface area contributed by atoms with E-state index < -0.39 is 6.10 Å². The van der Waals surface area contributed by atoms with Crippen LogP contribution in [0.15, 0.2) is 30.5 Å². The first kappa shape index (κ1) is 14.3. The molecule has 1 heterocycles. The molecule has 0 radical (unpaired) electrons. The van der Waals surface area contributed by atoms with E-state index in [9.17, 15) is 5.11 Å². The van der Waals surface area contributed by atoms with E-state index in [-0.39, 0.29) is 0 Å². The molecule has 0 aliphatic carbocycles. The Morgan fingerprint density at radius 3 is 2.35 bits per heavy atom. The van der Waals surface area contributed by atoms with Crippen LogP contribution in [-0.4, -0.2) is 24.3 Å². The van der Waals surface area contributed by atoms with Crippen molar-refractivity contribution in [2.45, 2.75) is 20.0 Å². The Morgan fingerprint density at radius 2 is 1.75 bits per heavy atom. The third-order valence-electron chi connectivity index (χ3n) is 3.24. The van der Waals surface area contributed by atoms with Gasteiger partial charge in [0.2, 0.25) is 0 Å². The van der Waals surface area contributed by atoms with E-state index >= 15 is 0 Å². The molecule has 106 valence electrons. The Labute approximate surface area is 119 Å². The number of nitrogens with zero attached hydrogens (tertiary/aromatic N) is 1. The molecular formula is C16H19NO3. The van der Waals surface area contributed by atoms with Crippen LogP contribution in [0.4, 0.5) is 0 Å². The Kier molecular flexibility index (Phi) is 4.25. The molecule has 2 aromatic rings. The van der Waals surface area contributed by atoms with Crippen molar-refractivity contribution >= 4 is 0 Å². The second-order valence-corrected chi connectivity index (χ2v) is 4.73. The lowest BCUT2D eigenvalue weighted by Gasteiger charge is -2.15. The number of hydrogen-bond acceptors (Lipinski definition) is 4. The van der Waals surface area contributed by atoms with Gasteiger partial charge in [-0.1, -0.05) is 12.1 Å². The average molecular weight is 273 g/mol. The molecule has 4 nitrogen and oxygen atoms in total. The smallest absolute Gasteiger partial charge is 0.161 e. The lowest BCUT2D eigenvalue weighted by molar-refractivity contribution is 0.213. The number of methoxy groups -OCH3 is 2. The fraction of sp³-hybridized carbons (Fsp3) is 0.312. The molecule has 0 fully saturated rings. The van der Waals surface area contributed by atoms with E-state index in [1.165, 1.54) is 0 Å². The Hall–Kier alpha value is -2.07.